The van der Waals surface area contributed by atoms with Gasteiger partial charge >= 0.3 is 0 Å². The van der Waals surface area contributed by atoms with E-state index in [9.17, 15) is 0 Å². The van der Waals surface area contributed by atoms with Gasteiger partial charge in [-0.15, -0.1) is 0 Å². The zero-order chi connectivity index (χ0) is 27.4. The summed E-state index contributed by atoms with van der Waals surface area (Å²) >= 11 is 0. The van der Waals surface area contributed by atoms with Gasteiger partial charge in [-0.1, -0.05) is 119 Å². The third kappa shape index (κ3) is 3.17. The van der Waals surface area contributed by atoms with Gasteiger partial charge in [-0.25, -0.2) is 0 Å². The Kier molecular flexibility index (Phi) is 4.65. The lowest BCUT2D eigenvalue weighted by atomic mass is 9.83. The molecule has 196 valence electrons. The molecule has 8 rings (SSSR count). The maximum atomic E-state index is 7.09. The Labute approximate surface area is 236 Å². The number of anilines is 1. The summed E-state index contributed by atoms with van der Waals surface area (Å²) in [5, 5.41) is 0. The smallest absolute Gasteiger partial charge is 0.142 e. The SMILES string of the molecule is CN1CC=Cc2cccc(-c3ccc4c(c3)-c3ccc5c(c3Oc3c-4ccc4c3C=CC4(C)C)C=CC5(C)C)c21. The highest BCUT2D eigenvalue weighted by Crippen LogP contribution is 2.55. The standard InChI is InChI=1S/C38H33NO/c1-37(2)19-17-29-32(37)15-13-27-26-12-11-24(25-10-6-8-23-9-7-21-39(5)34(23)25)22-31(26)28-14-16-33-30(18-20-38(33,3)4)36(28)40-35(27)29/h6-20,22H,21H2,1-5H3. The van der Waals surface area contributed by atoms with E-state index in [-0.39, 0.29) is 10.8 Å². The molecule has 2 heterocycles. The van der Waals surface area contributed by atoms with E-state index in [0.29, 0.717) is 0 Å². The van der Waals surface area contributed by atoms with Gasteiger partial charge in [0.25, 0.3) is 0 Å². The van der Waals surface area contributed by atoms with Crippen LogP contribution in [0.5, 0.6) is 11.5 Å². The molecule has 0 amide bonds. The van der Waals surface area contributed by atoms with Crippen LogP contribution in [0.4, 0.5) is 5.69 Å². The summed E-state index contributed by atoms with van der Waals surface area (Å²) in [5.74, 6) is 1.94. The predicted octanol–water partition coefficient (Wildman–Crippen LogP) is 9.87. The molecule has 2 aliphatic carbocycles. The van der Waals surface area contributed by atoms with Crippen LogP contribution in [0.15, 0.2) is 78.9 Å². The largest absolute Gasteiger partial charge is 0.455 e. The lowest BCUT2D eigenvalue weighted by Crippen LogP contribution is -2.21. The maximum Gasteiger partial charge on any atom is 0.142 e. The molecule has 2 heteroatoms. The monoisotopic (exact) mass is 519 g/mol. The molecule has 0 N–H and O–H groups in total. The highest BCUT2D eigenvalue weighted by Gasteiger charge is 2.35. The first kappa shape index (κ1) is 23.6. The number of nitrogens with zero attached hydrogens (tertiary/aromatic N) is 1. The fraction of sp³-hybridized carbons (Fsp3) is 0.211. The lowest BCUT2D eigenvalue weighted by Gasteiger charge is -2.27. The van der Waals surface area contributed by atoms with Gasteiger partial charge in [-0.3, -0.25) is 0 Å². The summed E-state index contributed by atoms with van der Waals surface area (Å²) < 4.78 is 7.09. The Bertz CT molecular complexity index is 1860. The van der Waals surface area contributed by atoms with Gasteiger partial charge in [0, 0.05) is 52.2 Å². The van der Waals surface area contributed by atoms with Gasteiger partial charge in [-0.2, -0.15) is 0 Å². The molecule has 0 atom stereocenters. The molecule has 2 nitrogen and oxygen atoms in total. The maximum absolute atomic E-state index is 7.09. The van der Waals surface area contributed by atoms with Crippen LogP contribution in [0.1, 0.15) is 55.5 Å². The molecule has 0 spiro atoms. The Morgan fingerprint density at radius 2 is 1.27 bits per heavy atom. The Hall–Kier alpha value is -4.30. The van der Waals surface area contributed by atoms with Crippen molar-refractivity contribution >= 4 is 23.9 Å². The minimum Gasteiger partial charge on any atom is -0.455 e. The number of hydrogen-bond donors (Lipinski definition) is 0. The number of para-hydroxylation sites is 1. The van der Waals surface area contributed by atoms with E-state index in [1.54, 1.807) is 0 Å². The molecular weight excluding hydrogens is 486 g/mol. The second kappa shape index (κ2) is 7.88. The van der Waals surface area contributed by atoms with Crippen molar-refractivity contribution < 1.29 is 4.74 Å². The molecule has 4 aliphatic rings. The summed E-state index contributed by atoms with van der Waals surface area (Å²) in [4.78, 5) is 2.35. The van der Waals surface area contributed by atoms with E-state index in [1.807, 2.05) is 0 Å². The van der Waals surface area contributed by atoms with Gasteiger partial charge < -0.3 is 9.64 Å². The van der Waals surface area contributed by atoms with Gasteiger partial charge in [0.1, 0.15) is 11.5 Å². The van der Waals surface area contributed by atoms with Gasteiger partial charge in [0.2, 0.25) is 0 Å². The van der Waals surface area contributed by atoms with E-state index in [4.69, 9.17) is 4.74 Å². The molecule has 4 aromatic carbocycles. The molecule has 0 saturated heterocycles. The Morgan fingerprint density at radius 3 is 1.95 bits per heavy atom. The number of benzene rings is 4. The van der Waals surface area contributed by atoms with Crippen molar-refractivity contribution in [2.45, 2.75) is 38.5 Å². The minimum atomic E-state index is -0.0186. The topological polar surface area (TPSA) is 12.5 Å². The van der Waals surface area contributed by atoms with Crippen LogP contribution >= 0.6 is 0 Å². The van der Waals surface area contributed by atoms with E-state index < -0.39 is 0 Å². The number of hydrogen-bond acceptors (Lipinski definition) is 2. The summed E-state index contributed by atoms with van der Waals surface area (Å²) in [6.45, 7) is 10.0. The van der Waals surface area contributed by atoms with Crippen LogP contribution in [0.25, 0.3) is 51.6 Å². The highest BCUT2D eigenvalue weighted by molar-refractivity contribution is 5.98. The van der Waals surface area contributed by atoms with Crippen LogP contribution in [0, 0.1) is 0 Å². The molecule has 0 bridgehead atoms. The molecule has 0 fully saturated rings. The quantitative estimate of drug-likeness (QED) is 0.218. The van der Waals surface area contributed by atoms with Crippen molar-refractivity contribution in [3.05, 3.63) is 107 Å². The second-order valence-corrected chi connectivity index (χ2v) is 12.8. The molecular formula is C38H33NO. The third-order valence-corrected chi connectivity index (χ3v) is 9.35. The summed E-state index contributed by atoms with van der Waals surface area (Å²) in [6.07, 6.45) is 13.6. The van der Waals surface area contributed by atoms with Crippen molar-refractivity contribution in [2.75, 3.05) is 18.5 Å². The predicted molar refractivity (Wildman–Crippen MR) is 169 cm³/mol. The molecule has 0 saturated carbocycles. The lowest BCUT2D eigenvalue weighted by molar-refractivity contribution is 0.482. The minimum absolute atomic E-state index is 0.0110. The number of rotatable bonds is 1. The van der Waals surface area contributed by atoms with Crippen molar-refractivity contribution in [1.82, 2.24) is 0 Å². The summed E-state index contributed by atoms with van der Waals surface area (Å²) in [7, 11) is 2.18. The van der Waals surface area contributed by atoms with E-state index in [1.165, 1.54) is 55.8 Å². The Morgan fingerprint density at radius 1 is 0.650 bits per heavy atom. The zero-order valence-corrected chi connectivity index (χ0v) is 23.8. The van der Waals surface area contributed by atoms with Crippen molar-refractivity contribution in [3.63, 3.8) is 0 Å². The first-order chi connectivity index (χ1) is 19.2. The average molecular weight is 520 g/mol. The van der Waals surface area contributed by atoms with Crippen LogP contribution in [-0.2, 0) is 10.8 Å². The van der Waals surface area contributed by atoms with Crippen LogP contribution < -0.4 is 9.64 Å². The fourth-order valence-electron chi connectivity index (χ4n) is 7.12. The van der Waals surface area contributed by atoms with Crippen LogP contribution in [0.3, 0.4) is 0 Å². The second-order valence-electron chi connectivity index (χ2n) is 12.8. The molecule has 0 radical (unpaired) electrons. The van der Waals surface area contributed by atoms with Crippen molar-refractivity contribution in [3.8, 4) is 44.9 Å². The number of ether oxygens (including phenoxy) is 1. The third-order valence-electron chi connectivity index (χ3n) is 9.35. The molecule has 2 aliphatic heterocycles. The number of likely N-dealkylation sites (N-methyl/N-ethyl adjacent to an activating group) is 1. The zero-order valence-electron chi connectivity index (χ0n) is 23.8. The van der Waals surface area contributed by atoms with E-state index in [0.717, 1.165) is 29.2 Å². The highest BCUT2D eigenvalue weighted by atomic mass is 16.5. The Balaban J connectivity index is 1.43. The van der Waals surface area contributed by atoms with Gasteiger partial charge in [0.15, 0.2) is 0 Å². The van der Waals surface area contributed by atoms with E-state index >= 15 is 0 Å². The average Bonchev–Trinajstić information content (AvgIpc) is 3.38. The summed E-state index contributed by atoms with van der Waals surface area (Å²) in [6, 6.07) is 22.8. The molecule has 40 heavy (non-hydrogen) atoms. The van der Waals surface area contributed by atoms with Crippen molar-refractivity contribution in [2.24, 2.45) is 0 Å². The van der Waals surface area contributed by atoms with Crippen molar-refractivity contribution in [1.29, 1.82) is 0 Å². The number of fused-ring (bicyclic) bond motifs is 10. The van der Waals surface area contributed by atoms with Gasteiger partial charge in [0.05, 0.1) is 5.69 Å². The van der Waals surface area contributed by atoms with E-state index in [2.05, 4.69) is 137 Å². The first-order valence-corrected chi connectivity index (χ1v) is 14.3. The molecule has 0 unspecified atom stereocenters. The van der Waals surface area contributed by atoms with Crippen LogP contribution in [0.2, 0.25) is 0 Å². The fourth-order valence-corrected chi connectivity index (χ4v) is 7.12. The van der Waals surface area contributed by atoms with Gasteiger partial charge in [-0.05, 0) is 39.4 Å². The molecule has 4 aromatic rings. The van der Waals surface area contributed by atoms with Crippen LogP contribution in [-0.4, -0.2) is 13.6 Å². The normalized spacial score (nSPS) is 17.8. The molecule has 0 aromatic heterocycles. The number of allylic oxidation sites excluding steroid dienone is 2. The summed E-state index contributed by atoms with van der Waals surface area (Å²) in [5.41, 5.74) is 14.8. The first-order valence-electron chi connectivity index (χ1n) is 14.3.